The number of hydrogen-bond donors (Lipinski definition) is 0. The summed E-state index contributed by atoms with van der Waals surface area (Å²) in [5.41, 5.74) is 3.02. The highest BCUT2D eigenvalue weighted by molar-refractivity contribution is 5.01. The molecule has 0 spiro atoms. The second-order valence-corrected chi connectivity index (χ2v) is 2.73. The normalized spacial score (nSPS) is 29.8. The molecule has 54 valence electrons. The highest BCUT2D eigenvalue weighted by Crippen LogP contribution is 2.10. The van der Waals surface area contributed by atoms with Gasteiger partial charge in [-0.25, -0.2) is 0 Å². The molecule has 0 aromatic heterocycles. The van der Waals surface area contributed by atoms with Gasteiger partial charge in [-0.3, -0.25) is 4.90 Å². The Morgan fingerprint density at radius 2 is 2.50 bits per heavy atom. The van der Waals surface area contributed by atoms with E-state index in [-0.39, 0.29) is 0 Å². The first kappa shape index (κ1) is 6.17. The van der Waals surface area contributed by atoms with Gasteiger partial charge in [0.05, 0.1) is 12.8 Å². The number of rotatable bonds is 3. The van der Waals surface area contributed by atoms with Crippen molar-refractivity contribution in [2.75, 3.05) is 19.8 Å². The van der Waals surface area contributed by atoms with E-state index in [1.807, 2.05) is 12.2 Å². The minimum Gasteiger partial charge on any atom is -0.358 e. The Morgan fingerprint density at radius 1 is 1.60 bits per heavy atom. The average Bonchev–Trinajstić information content (AvgIpc) is 2.63. The van der Waals surface area contributed by atoms with E-state index in [4.69, 9.17) is 4.74 Å². The number of nitrogens with zero attached hydrogens (tertiary/aromatic N) is 1. The molecule has 1 unspecified atom stereocenters. The largest absolute Gasteiger partial charge is 0.358 e. The van der Waals surface area contributed by atoms with Crippen LogP contribution in [0.2, 0.25) is 0 Å². The Balaban J connectivity index is 1.65. The van der Waals surface area contributed by atoms with Crippen LogP contribution in [-0.4, -0.2) is 30.8 Å². The molecule has 0 saturated carbocycles. The van der Waals surface area contributed by atoms with Crippen molar-refractivity contribution < 1.29 is 4.74 Å². The van der Waals surface area contributed by atoms with Gasteiger partial charge in [0.15, 0.2) is 0 Å². The summed E-state index contributed by atoms with van der Waals surface area (Å²) in [4.78, 5) is 2.26. The maximum Gasteiger partial charge on any atom is 0.0999 e. The van der Waals surface area contributed by atoms with E-state index in [0.29, 0.717) is 6.10 Å². The maximum atomic E-state index is 5.50. The molecule has 1 saturated heterocycles. The molecule has 0 bridgehead atoms. The molecule has 0 N–H and O–H groups in total. The van der Waals surface area contributed by atoms with Crippen molar-refractivity contribution >= 4 is 0 Å². The third kappa shape index (κ3) is 1.48. The van der Waals surface area contributed by atoms with Crippen LogP contribution < -0.4 is 0 Å². The van der Waals surface area contributed by atoms with Crippen molar-refractivity contribution in [3.63, 3.8) is 0 Å². The zero-order valence-electron chi connectivity index (χ0n) is 5.92. The maximum absolute atomic E-state index is 5.50. The van der Waals surface area contributed by atoms with Gasteiger partial charge < -0.3 is 4.74 Å². The minimum absolute atomic E-state index is 0.306. The molecular formula is C8H11NO. The lowest BCUT2D eigenvalue weighted by Gasteiger charge is -2.08. The summed E-state index contributed by atoms with van der Waals surface area (Å²) in [6.07, 6.45) is 5.32. The molecule has 10 heavy (non-hydrogen) atoms. The minimum atomic E-state index is 0.306. The number of ether oxygens (including phenoxy) is 1. The fourth-order valence-corrected chi connectivity index (χ4v) is 0.945. The van der Waals surface area contributed by atoms with Crippen LogP contribution in [0.5, 0.6) is 0 Å². The molecule has 1 aliphatic carbocycles. The molecule has 1 aliphatic heterocycles. The molecule has 2 rings (SSSR count). The summed E-state index contributed by atoms with van der Waals surface area (Å²) in [7, 11) is 0. The summed E-state index contributed by atoms with van der Waals surface area (Å²) in [6.45, 7) is 3.23. The van der Waals surface area contributed by atoms with Gasteiger partial charge in [0, 0.05) is 19.5 Å². The van der Waals surface area contributed by atoms with E-state index < -0.39 is 0 Å². The highest BCUT2D eigenvalue weighted by atomic mass is 16.5. The van der Waals surface area contributed by atoms with E-state index in [2.05, 4.69) is 10.6 Å². The SMILES string of the molecule is C1=CCC(OCN2CC2)C=1. The van der Waals surface area contributed by atoms with Crippen molar-refractivity contribution in [3.05, 3.63) is 17.9 Å². The van der Waals surface area contributed by atoms with E-state index in [9.17, 15) is 0 Å². The predicted molar refractivity (Wildman–Crippen MR) is 38.6 cm³/mol. The lowest BCUT2D eigenvalue weighted by Crippen LogP contribution is -2.12. The molecule has 0 amide bonds. The Morgan fingerprint density at radius 3 is 3.10 bits per heavy atom. The standard InChI is InChI=1S/C8H11NO/c1-2-4-8(3-1)10-7-9-5-6-9/h1,4,8H,3,5-7H2. The zero-order valence-corrected chi connectivity index (χ0v) is 5.92. The van der Waals surface area contributed by atoms with Crippen LogP contribution in [0.15, 0.2) is 17.9 Å². The van der Waals surface area contributed by atoms with Crippen LogP contribution in [-0.2, 0) is 4.74 Å². The monoisotopic (exact) mass is 137 g/mol. The lowest BCUT2D eigenvalue weighted by atomic mass is 10.3. The van der Waals surface area contributed by atoms with Crippen molar-refractivity contribution in [2.45, 2.75) is 12.5 Å². The first-order valence-electron chi connectivity index (χ1n) is 3.70. The van der Waals surface area contributed by atoms with Crippen molar-refractivity contribution in [3.8, 4) is 0 Å². The molecule has 0 radical (unpaired) electrons. The third-order valence-corrected chi connectivity index (χ3v) is 1.76. The fourth-order valence-electron chi connectivity index (χ4n) is 0.945. The number of hydrogen-bond acceptors (Lipinski definition) is 2. The molecule has 1 fully saturated rings. The fraction of sp³-hybridized carbons (Fsp3) is 0.625. The van der Waals surface area contributed by atoms with Crippen LogP contribution in [0.25, 0.3) is 0 Å². The molecule has 2 aliphatic rings. The molecule has 2 heteroatoms. The predicted octanol–water partition coefficient (Wildman–Crippen LogP) is 0.760. The first-order valence-corrected chi connectivity index (χ1v) is 3.70. The molecule has 0 aromatic carbocycles. The highest BCUT2D eigenvalue weighted by Gasteiger charge is 2.18. The van der Waals surface area contributed by atoms with Crippen LogP contribution in [0.3, 0.4) is 0 Å². The van der Waals surface area contributed by atoms with Gasteiger partial charge in [-0.15, -0.1) is 5.73 Å². The molecule has 2 nitrogen and oxygen atoms in total. The summed E-state index contributed by atoms with van der Waals surface area (Å²) in [5.74, 6) is 0. The van der Waals surface area contributed by atoms with Crippen LogP contribution in [0, 0.1) is 0 Å². The third-order valence-electron chi connectivity index (χ3n) is 1.76. The van der Waals surface area contributed by atoms with Crippen LogP contribution in [0.4, 0.5) is 0 Å². The van der Waals surface area contributed by atoms with Crippen LogP contribution >= 0.6 is 0 Å². The van der Waals surface area contributed by atoms with E-state index in [0.717, 1.165) is 13.2 Å². The smallest absolute Gasteiger partial charge is 0.0999 e. The quantitative estimate of drug-likeness (QED) is 0.420. The molecular weight excluding hydrogens is 126 g/mol. The second-order valence-electron chi connectivity index (χ2n) is 2.73. The van der Waals surface area contributed by atoms with Gasteiger partial charge in [-0.1, -0.05) is 0 Å². The van der Waals surface area contributed by atoms with E-state index >= 15 is 0 Å². The Kier molecular flexibility index (Phi) is 1.60. The Hall–Kier alpha value is -0.560. The van der Waals surface area contributed by atoms with Crippen molar-refractivity contribution in [1.29, 1.82) is 0 Å². The van der Waals surface area contributed by atoms with E-state index in [1.165, 1.54) is 13.1 Å². The van der Waals surface area contributed by atoms with Gasteiger partial charge in [0.25, 0.3) is 0 Å². The van der Waals surface area contributed by atoms with Crippen molar-refractivity contribution in [1.82, 2.24) is 4.90 Å². The average molecular weight is 137 g/mol. The van der Waals surface area contributed by atoms with Crippen molar-refractivity contribution in [2.24, 2.45) is 0 Å². The van der Waals surface area contributed by atoms with Gasteiger partial charge in [0.1, 0.15) is 0 Å². The van der Waals surface area contributed by atoms with Gasteiger partial charge in [-0.05, 0) is 12.2 Å². The second kappa shape index (κ2) is 2.59. The molecule has 0 aromatic rings. The first-order chi connectivity index (χ1) is 4.95. The zero-order chi connectivity index (χ0) is 6.81. The summed E-state index contributed by atoms with van der Waals surface area (Å²) >= 11 is 0. The Bertz CT molecular complexity index is 178. The Labute approximate surface area is 60.8 Å². The van der Waals surface area contributed by atoms with Crippen LogP contribution in [0.1, 0.15) is 6.42 Å². The molecule has 1 heterocycles. The van der Waals surface area contributed by atoms with Gasteiger partial charge in [-0.2, -0.15) is 0 Å². The lowest BCUT2D eigenvalue weighted by molar-refractivity contribution is 0.0455. The summed E-state index contributed by atoms with van der Waals surface area (Å²) in [5, 5.41) is 0. The van der Waals surface area contributed by atoms with Gasteiger partial charge >= 0.3 is 0 Å². The van der Waals surface area contributed by atoms with Gasteiger partial charge in [0.2, 0.25) is 0 Å². The summed E-state index contributed by atoms with van der Waals surface area (Å²) in [6, 6.07) is 0. The topological polar surface area (TPSA) is 12.2 Å². The van der Waals surface area contributed by atoms with E-state index in [1.54, 1.807) is 0 Å². The molecule has 1 atom stereocenters. The summed E-state index contributed by atoms with van der Waals surface area (Å²) < 4.78 is 5.50.